The standard InChI is InChI=1S/C12H23N3/c1-4-7-11(13-9-5-2)12-8-10-14-15(12)6-3/h8,10-11,13H,4-7,9H2,1-3H3. The van der Waals surface area contributed by atoms with Crippen molar-refractivity contribution in [3.8, 4) is 0 Å². The minimum absolute atomic E-state index is 0.470. The summed E-state index contributed by atoms with van der Waals surface area (Å²) in [6.07, 6.45) is 5.47. The van der Waals surface area contributed by atoms with Crippen LogP contribution in [0.25, 0.3) is 0 Å². The van der Waals surface area contributed by atoms with Crippen molar-refractivity contribution in [1.29, 1.82) is 0 Å². The Balaban J connectivity index is 2.69. The molecule has 1 rings (SSSR count). The largest absolute Gasteiger partial charge is 0.309 e. The Bertz CT molecular complexity index is 268. The predicted octanol–water partition coefficient (Wildman–Crippen LogP) is 2.74. The van der Waals surface area contributed by atoms with Gasteiger partial charge in [-0.25, -0.2) is 0 Å². The Morgan fingerprint density at radius 1 is 1.33 bits per heavy atom. The molecule has 0 fully saturated rings. The molecule has 86 valence electrons. The van der Waals surface area contributed by atoms with Crippen LogP contribution in [0.5, 0.6) is 0 Å². The molecule has 1 unspecified atom stereocenters. The molecule has 1 N–H and O–H groups in total. The molecule has 0 amide bonds. The molecule has 3 nitrogen and oxygen atoms in total. The smallest absolute Gasteiger partial charge is 0.0553 e. The molecule has 0 aliphatic carbocycles. The van der Waals surface area contributed by atoms with Crippen molar-refractivity contribution >= 4 is 0 Å². The van der Waals surface area contributed by atoms with E-state index in [1.165, 1.54) is 25.0 Å². The molecule has 0 aromatic carbocycles. The molecule has 0 bridgehead atoms. The second-order valence-corrected chi connectivity index (χ2v) is 3.87. The lowest BCUT2D eigenvalue weighted by Gasteiger charge is -2.18. The van der Waals surface area contributed by atoms with E-state index in [0.29, 0.717) is 6.04 Å². The minimum Gasteiger partial charge on any atom is -0.309 e. The summed E-state index contributed by atoms with van der Waals surface area (Å²) in [5, 5.41) is 7.91. The molecule has 1 aromatic rings. The topological polar surface area (TPSA) is 29.9 Å². The lowest BCUT2D eigenvalue weighted by atomic mass is 10.1. The Kier molecular flexibility index (Phi) is 5.40. The fourth-order valence-electron chi connectivity index (χ4n) is 1.86. The molecule has 0 saturated heterocycles. The quantitative estimate of drug-likeness (QED) is 0.748. The van der Waals surface area contributed by atoms with Crippen molar-refractivity contribution < 1.29 is 0 Å². The van der Waals surface area contributed by atoms with Crippen LogP contribution in [0.3, 0.4) is 0 Å². The molecule has 0 radical (unpaired) electrons. The molecule has 1 atom stereocenters. The van der Waals surface area contributed by atoms with Crippen LogP contribution in [0.4, 0.5) is 0 Å². The molecule has 1 heterocycles. The first-order valence-corrected chi connectivity index (χ1v) is 6.08. The second-order valence-electron chi connectivity index (χ2n) is 3.87. The summed E-state index contributed by atoms with van der Waals surface area (Å²) in [6, 6.07) is 2.60. The van der Waals surface area contributed by atoms with E-state index >= 15 is 0 Å². The third-order valence-electron chi connectivity index (χ3n) is 2.62. The zero-order valence-corrected chi connectivity index (χ0v) is 10.2. The van der Waals surface area contributed by atoms with Crippen LogP contribution in [-0.2, 0) is 6.54 Å². The normalized spacial score (nSPS) is 13.0. The van der Waals surface area contributed by atoms with Crippen molar-refractivity contribution in [3.63, 3.8) is 0 Å². The predicted molar refractivity (Wildman–Crippen MR) is 63.8 cm³/mol. The van der Waals surface area contributed by atoms with E-state index in [-0.39, 0.29) is 0 Å². The van der Waals surface area contributed by atoms with Crippen LogP contribution < -0.4 is 5.32 Å². The van der Waals surface area contributed by atoms with Gasteiger partial charge in [0, 0.05) is 18.8 Å². The highest BCUT2D eigenvalue weighted by atomic mass is 15.3. The number of aromatic nitrogens is 2. The highest BCUT2D eigenvalue weighted by Gasteiger charge is 2.13. The van der Waals surface area contributed by atoms with Gasteiger partial charge in [0.1, 0.15) is 0 Å². The van der Waals surface area contributed by atoms with Crippen LogP contribution in [0, 0.1) is 0 Å². The number of rotatable bonds is 7. The van der Waals surface area contributed by atoms with Gasteiger partial charge >= 0.3 is 0 Å². The summed E-state index contributed by atoms with van der Waals surface area (Å²) in [7, 11) is 0. The number of aryl methyl sites for hydroxylation is 1. The van der Waals surface area contributed by atoms with Gasteiger partial charge < -0.3 is 5.32 Å². The fourth-order valence-corrected chi connectivity index (χ4v) is 1.86. The molecule has 3 heteroatoms. The third-order valence-corrected chi connectivity index (χ3v) is 2.62. The molecule has 0 aliphatic rings. The molecule has 1 aromatic heterocycles. The van der Waals surface area contributed by atoms with Crippen molar-refractivity contribution in [3.05, 3.63) is 18.0 Å². The van der Waals surface area contributed by atoms with Gasteiger partial charge in [0.2, 0.25) is 0 Å². The SMILES string of the molecule is CCCNC(CCC)c1ccnn1CC. The maximum Gasteiger partial charge on any atom is 0.0553 e. The zero-order chi connectivity index (χ0) is 11.1. The number of hydrogen-bond donors (Lipinski definition) is 1. The molecule has 0 spiro atoms. The summed E-state index contributed by atoms with van der Waals surface area (Å²) in [5.41, 5.74) is 1.33. The summed E-state index contributed by atoms with van der Waals surface area (Å²) in [5.74, 6) is 0. The van der Waals surface area contributed by atoms with Crippen molar-refractivity contribution in [2.24, 2.45) is 0 Å². The van der Waals surface area contributed by atoms with Gasteiger partial charge in [0.25, 0.3) is 0 Å². The first kappa shape index (κ1) is 12.2. The highest BCUT2D eigenvalue weighted by molar-refractivity contribution is 5.06. The Labute approximate surface area is 92.9 Å². The van der Waals surface area contributed by atoms with Crippen LogP contribution >= 0.6 is 0 Å². The molecule has 15 heavy (non-hydrogen) atoms. The minimum atomic E-state index is 0.470. The number of hydrogen-bond acceptors (Lipinski definition) is 2. The van der Waals surface area contributed by atoms with Crippen molar-refractivity contribution in [2.45, 2.75) is 52.6 Å². The summed E-state index contributed by atoms with van der Waals surface area (Å²) in [6.45, 7) is 8.61. The fraction of sp³-hybridized carbons (Fsp3) is 0.750. The van der Waals surface area contributed by atoms with Gasteiger partial charge in [-0.3, -0.25) is 4.68 Å². The highest BCUT2D eigenvalue weighted by Crippen LogP contribution is 2.17. The lowest BCUT2D eigenvalue weighted by molar-refractivity contribution is 0.453. The Morgan fingerprint density at radius 3 is 2.73 bits per heavy atom. The van der Waals surface area contributed by atoms with Gasteiger partial charge in [-0.2, -0.15) is 5.10 Å². The second kappa shape index (κ2) is 6.62. The molecule has 0 aliphatic heterocycles. The van der Waals surface area contributed by atoms with E-state index in [1.54, 1.807) is 0 Å². The summed E-state index contributed by atoms with van der Waals surface area (Å²) in [4.78, 5) is 0. The first-order valence-electron chi connectivity index (χ1n) is 6.08. The van der Waals surface area contributed by atoms with Crippen molar-refractivity contribution in [2.75, 3.05) is 6.54 Å². The maximum absolute atomic E-state index is 4.32. The van der Waals surface area contributed by atoms with Crippen LogP contribution in [0.2, 0.25) is 0 Å². The van der Waals surface area contributed by atoms with Crippen LogP contribution in [0.15, 0.2) is 12.3 Å². The van der Waals surface area contributed by atoms with Crippen LogP contribution in [-0.4, -0.2) is 16.3 Å². The van der Waals surface area contributed by atoms with Gasteiger partial charge in [0.05, 0.1) is 5.69 Å². The molecule has 0 saturated carbocycles. The summed E-state index contributed by atoms with van der Waals surface area (Å²) >= 11 is 0. The number of nitrogens with one attached hydrogen (secondary N) is 1. The lowest BCUT2D eigenvalue weighted by Crippen LogP contribution is -2.24. The van der Waals surface area contributed by atoms with Gasteiger partial charge in [-0.15, -0.1) is 0 Å². The summed E-state index contributed by atoms with van der Waals surface area (Å²) < 4.78 is 2.09. The molecular formula is C12H23N3. The van der Waals surface area contributed by atoms with E-state index < -0.39 is 0 Å². The zero-order valence-electron chi connectivity index (χ0n) is 10.2. The Hall–Kier alpha value is -0.830. The van der Waals surface area contributed by atoms with Gasteiger partial charge in [0.15, 0.2) is 0 Å². The van der Waals surface area contributed by atoms with Crippen LogP contribution in [0.1, 0.15) is 51.8 Å². The average molecular weight is 209 g/mol. The van der Waals surface area contributed by atoms with E-state index in [9.17, 15) is 0 Å². The monoisotopic (exact) mass is 209 g/mol. The third kappa shape index (κ3) is 3.34. The van der Waals surface area contributed by atoms with Crippen molar-refractivity contribution in [1.82, 2.24) is 15.1 Å². The maximum atomic E-state index is 4.32. The number of nitrogens with zero attached hydrogens (tertiary/aromatic N) is 2. The average Bonchev–Trinajstić information content (AvgIpc) is 2.72. The van der Waals surface area contributed by atoms with E-state index in [0.717, 1.165) is 13.1 Å². The molecular weight excluding hydrogens is 186 g/mol. The van der Waals surface area contributed by atoms with E-state index in [1.807, 2.05) is 6.20 Å². The first-order chi connectivity index (χ1) is 7.33. The van der Waals surface area contributed by atoms with Gasteiger partial charge in [-0.05, 0) is 32.4 Å². The van der Waals surface area contributed by atoms with E-state index in [4.69, 9.17) is 0 Å². The Morgan fingerprint density at radius 2 is 2.13 bits per heavy atom. The van der Waals surface area contributed by atoms with E-state index in [2.05, 4.69) is 41.9 Å². The van der Waals surface area contributed by atoms with Gasteiger partial charge in [-0.1, -0.05) is 20.3 Å².